The first-order chi connectivity index (χ1) is 19.6. The van der Waals surface area contributed by atoms with Crippen molar-refractivity contribution in [3.8, 4) is 5.88 Å². The van der Waals surface area contributed by atoms with E-state index in [0.717, 1.165) is 47.6 Å². The fraction of sp³-hybridized carbons (Fsp3) is 0.500. The third-order valence-corrected chi connectivity index (χ3v) is 7.49. The molecule has 0 atom stereocenters. The minimum atomic E-state index is -0.611. The molecule has 0 aromatic carbocycles. The monoisotopic (exact) mass is 561 g/mol. The highest BCUT2D eigenvalue weighted by Crippen LogP contribution is 2.39. The Morgan fingerprint density at radius 1 is 1.10 bits per heavy atom. The molecule has 13 heteroatoms. The number of hydrogen-bond donors (Lipinski definition) is 1. The topological polar surface area (TPSA) is 131 Å². The average Bonchev–Trinajstić information content (AvgIpc) is 3.24. The second kappa shape index (κ2) is 10.2. The smallest absolute Gasteiger partial charge is 0.415 e. The quantitative estimate of drug-likeness (QED) is 0.509. The second-order valence-corrected chi connectivity index (χ2v) is 11.6. The third kappa shape index (κ3) is 5.35. The molecule has 3 aliphatic heterocycles. The number of nitrogens with one attached hydrogen (secondary N) is 1. The normalized spacial score (nSPS) is 16.8. The molecule has 216 valence electrons. The van der Waals surface area contributed by atoms with Gasteiger partial charge in [-0.15, -0.1) is 0 Å². The van der Waals surface area contributed by atoms with E-state index in [1.165, 1.54) is 0 Å². The maximum atomic E-state index is 13.0. The fourth-order valence-electron chi connectivity index (χ4n) is 5.34. The van der Waals surface area contributed by atoms with Crippen LogP contribution in [-0.2, 0) is 35.5 Å². The Morgan fingerprint density at radius 3 is 2.73 bits per heavy atom. The van der Waals surface area contributed by atoms with Gasteiger partial charge in [0.05, 0.1) is 30.7 Å². The van der Waals surface area contributed by atoms with Gasteiger partial charge in [-0.25, -0.2) is 19.7 Å². The van der Waals surface area contributed by atoms with Crippen molar-refractivity contribution in [3.63, 3.8) is 0 Å². The summed E-state index contributed by atoms with van der Waals surface area (Å²) in [5.41, 5.74) is 4.83. The Balaban J connectivity index is 1.22. The minimum Gasteiger partial charge on any atom is -0.474 e. The number of carbonyl (C=O) groups excluding carboxylic acids is 2. The molecular weight excluding hydrogens is 526 g/mol. The summed E-state index contributed by atoms with van der Waals surface area (Å²) >= 11 is 0. The molecule has 0 unspecified atom stereocenters. The fourth-order valence-corrected chi connectivity index (χ4v) is 5.34. The van der Waals surface area contributed by atoms with Crippen molar-refractivity contribution in [3.05, 3.63) is 41.0 Å². The van der Waals surface area contributed by atoms with Crippen LogP contribution >= 0.6 is 0 Å². The summed E-state index contributed by atoms with van der Waals surface area (Å²) in [5.74, 6) is 1.53. The van der Waals surface area contributed by atoms with Gasteiger partial charge in [0.25, 0.3) is 0 Å². The molecule has 3 aromatic rings. The van der Waals surface area contributed by atoms with Crippen LogP contribution < -0.4 is 19.9 Å². The van der Waals surface area contributed by atoms with Crippen LogP contribution in [0, 0.1) is 6.92 Å². The molecule has 0 saturated carbocycles. The molecule has 0 saturated heterocycles. The summed E-state index contributed by atoms with van der Waals surface area (Å²) in [6.45, 7) is 10.5. The van der Waals surface area contributed by atoms with Crippen LogP contribution in [0.15, 0.2) is 18.5 Å². The van der Waals surface area contributed by atoms with E-state index in [0.29, 0.717) is 49.6 Å². The van der Waals surface area contributed by atoms with Crippen LogP contribution in [0.4, 0.5) is 27.9 Å². The predicted molar refractivity (Wildman–Crippen MR) is 152 cm³/mol. The van der Waals surface area contributed by atoms with Gasteiger partial charge in [0.15, 0.2) is 5.82 Å². The van der Waals surface area contributed by atoms with Crippen molar-refractivity contribution < 1.29 is 19.1 Å². The number of carbonyl (C=O) groups is 2. The first-order valence-electron chi connectivity index (χ1n) is 13.9. The van der Waals surface area contributed by atoms with Crippen molar-refractivity contribution in [1.82, 2.24) is 29.6 Å². The van der Waals surface area contributed by atoms with E-state index in [9.17, 15) is 9.59 Å². The van der Waals surface area contributed by atoms with E-state index in [-0.39, 0.29) is 12.5 Å². The van der Waals surface area contributed by atoms with Crippen LogP contribution in [0.3, 0.4) is 0 Å². The van der Waals surface area contributed by atoms with Crippen molar-refractivity contribution in [2.75, 3.05) is 48.4 Å². The Kier molecular flexibility index (Phi) is 6.66. The summed E-state index contributed by atoms with van der Waals surface area (Å²) in [7, 11) is 1.81. The number of fused-ring (bicyclic) bond motifs is 3. The Morgan fingerprint density at radius 2 is 1.93 bits per heavy atom. The number of amides is 2. The number of aromatic nitrogens is 5. The maximum Gasteiger partial charge on any atom is 0.415 e. The van der Waals surface area contributed by atoms with Gasteiger partial charge in [-0.05, 0) is 39.7 Å². The summed E-state index contributed by atoms with van der Waals surface area (Å²) in [4.78, 5) is 44.7. The zero-order valence-electron chi connectivity index (χ0n) is 24.1. The lowest BCUT2D eigenvalue weighted by molar-refractivity contribution is -0.130. The summed E-state index contributed by atoms with van der Waals surface area (Å²) < 4.78 is 13.2. The molecule has 3 aromatic heterocycles. The van der Waals surface area contributed by atoms with Gasteiger partial charge < -0.3 is 24.6 Å². The molecule has 2 amide bonds. The summed E-state index contributed by atoms with van der Waals surface area (Å²) in [6, 6.07) is 1.95. The van der Waals surface area contributed by atoms with Gasteiger partial charge in [-0.3, -0.25) is 14.4 Å². The SMILES string of the molecule is Cc1c(N2CCc3cnc(Nc4cc5n(n4)CC(=O)N(C)CC5)nc3C2)cnc2c1N(C(=O)OC(C)(C)C)CCO2. The van der Waals surface area contributed by atoms with Crippen LogP contribution in [0.5, 0.6) is 5.88 Å². The lowest BCUT2D eigenvalue weighted by Crippen LogP contribution is -2.42. The van der Waals surface area contributed by atoms with E-state index < -0.39 is 11.7 Å². The molecule has 13 nitrogen and oxygen atoms in total. The first kappa shape index (κ1) is 26.8. The molecule has 0 radical (unpaired) electrons. The summed E-state index contributed by atoms with van der Waals surface area (Å²) in [6.07, 6.45) is 4.76. The van der Waals surface area contributed by atoms with Gasteiger partial charge in [0.1, 0.15) is 24.4 Å². The molecule has 6 heterocycles. The lowest BCUT2D eigenvalue weighted by Gasteiger charge is -2.35. The van der Waals surface area contributed by atoms with Crippen LogP contribution in [0.2, 0.25) is 0 Å². The number of ether oxygens (including phenoxy) is 2. The Hall–Kier alpha value is -4.42. The predicted octanol–water partition coefficient (Wildman–Crippen LogP) is 2.83. The van der Waals surface area contributed by atoms with Crippen LogP contribution in [-0.4, -0.2) is 80.5 Å². The lowest BCUT2D eigenvalue weighted by atomic mass is 10.0. The maximum absolute atomic E-state index is 13.0. The number of nitrogens with zero attached hydrogens (tertiary/aromatic N) is 8. The molecule has 3 aliphatic rings. The zero-order valence-corrected chi connectivity index (χ0v) is 24.1. The zero-order chi connectivity index (χ0) is 28.9. The molecule has 0 spiro atoms. The highest BCUT2D eigenvalue weighted by molar-refractivity contribution is 5.92. The summed E-state index contributed by atoms with van der Waals surface area (Å²) in [5, 5.41) is 7.78. The molecule has 1 N–H and O–H groups in total. The van der Waals surface area contributed by atoms with Crippen LogP contribution in [0.25, 0.3) is 0 Å². The van der Waals surface area contributed by atoms with E-state index in [1.54, 1.807) is 20.7 Å². The van der Waals surface area contributed by atoms with Gasteiger partial charge in [-0.1, -0.05) is 0 Å². The third-order valence-electron chi connectivity index (χ3n) is 7.49. The van der Waals surface area contributed by atoms with E-state index in [4.69, 9.17) is 14.5 Å². The van der Waals surface area contributed by atoms with Gasteiger partial charge in [-0.2, -0.15) is 5.10 Å². The Bertz CT molecular complexity index is 1510. The van der Waals surface area contributed by atoms with Crippen molar-refractivity contribution in [2.24, 2.45) is 0 Å². The number of rotatable bonds is 3. The van der Waals surface area contributed by atoms with E-state index >= 15 is 0 Å². The van der Waals surface area contributed by atoms with Crippen LogP contribution in [0.1, 0.15) is 43.3 Å². The van der Waals surface area contributed by atoms with Gasteiger partial charge in [0, 0.05) is 50.1 Å². The van der Waals surface area contributed by atoms with Crippen molar-refractivity contribution in [1.29, 1.82) is 0 Å². The molecule has 6 rings (SSSR count). The number of likely N-dealkylation sites (N-methyl/N-ethyl adjacent to an activating group) is 1. The number of hydrogen-bond acceptors (Lipinski definition) is 10. The molecule has 41 heavy (non-hydrogen) atoms. The van der Waals surface area contributed by atoms with E-state index in [1.807, 2.05) is 47.0 Å². The van der Waals surface area contributed by atoms with Crippen molar-refractivity contribution in [2.45, 2.75) is 59.2 Å². The second-order valence-electron chi connectivity index (χ2n) is 11.6. The molecule has 0 fully saturated rings. The molecular formula is C28H35N9O4. The minimum absolute atomic E-state index is 0.0382. The number of anilines is 4. The highest BCUT2D eigenvalue weighted by atomic mass is 16.6. The Labute approximate surface area is 238 Å². The van der Waals surface area contributed by atoms with Crippen molar-refractivity contribution >= 4 is 35.1 Å². The molecule has 0 bridgehead atoms. The standard InChI is InChI=1S/C28H35N9O4/c1-17-21(14-29-25-24(17)36(10-11-40-25)27(39)41-28(2,3)4)35-9-6-18-13-30-26(31-20(18)15-35)32-22-12-19-7-8-34(5)23(38)16-37(19)33-22/h12-14H,6-11,15-16H2,1-5H3,(H,30,31,32,33). The highest BCUT2D eigenvalue weighted by Gasteiger charge is 2.33. The number of pyridine rings is 1. The average molecular weight is 562 g/mol. The van der Waals surface area contributed by atoms with Gasteiger partial charge in [0.2, 0.25) is 17.7 Å². The first-order valence-corrected chi connectivity index (χ1v) is 13.9. The molecule has 0 aliphatic carbocycles. The van der Waals surface area contributed by atoms with Gasteiger partial charge >= 0.3 is 6.09 Å². The largest absolute Gasteiger partial charge is 0.474 e. The van der Waals surface area contributed by atoms with E-state index in [2.05, 4.69) is 25.3 Å².